The number of amides is 1. The highest BCUT2D eigenvalue weighted by Gasteiger charge is 2.39. The molecule has 5 nitrogen and oxygen atoms in total. The summed E-state index contributed by atoms with van der Waals surface area (Å²) in [7, 11) is -4.51. The minimum Gasteiger partial charge on any atom is -0.338 e. The van der Waals surface area contributed by atoms with E-state index in [0.29, 0.717) is 6.54 Å². The zero-order valence-electron chi connectivity index (χ0n) is 10.2. The van der Waals surface area contributed by atoms with E-state index in [1.807, 2.05) is 0 Å². The molecule has 2 rings (SSSR count). The van der Waals surface area contributed by atoms with Gasteiger partial charge in [-0.3, -0.25) is 4.79 Å². The lowest BCUT2D eigenvalue weighted by molar-refractivity contribution is -0.130. The molecule has 2 N–H and O–H groups in total. The molecule has 1 aliphatic heterocycles. The summed E-state index contributed by atoms with van der Waals surface area (Å²) in [6.45, 7) is 0.320. The Morgan fingerprint density at radius 3 is 2.61 bits per heavy atom. The van der Waals surface area contributed by atoms with Gasteiger partial charge in [0.15, 0.2) is 0 Å². The third-order valence-electron chi connectivity index (χ3n) is 3.86. The molecule has 1 heterocycles. The third-order valence-corrected chi connectivity index (χ3v) is 4.72. The largest absolute Gasteiger partial charge is 0.338 e. The van der Waals surface area contributed by atoms with Crippen LogP contribution in [0.5, 0.6) is 0 Å². The number of hydrogen-bond acceptors (Lipinski definition) is 4. The van der Waals surface area contributed by atoms with Gasteiger partial charge in [-0.05, 0) is 12.8 Å². The quantitative estimate of drug-likeness (QED) is 0.758. The second-order valence-electron chi connectivity index (χ2n) is 5.34. The van der Waals surface area contributed by atoms with E-state index < -0.39 is 21.9 Å². The van der Waals surface area contributed by atoms with Crippen molar-refractivity contribution in [1.29, 1.82) is 0 Å². The number of rotatable bonds is 3. The molecule has 1 saturated heterocycles. The molecular formula is C11H19FN2O3S. The fourth-order valence-corrected chi connectivity index (χ4v) is 3.84. The lowest BCUT2D eigenvalue weighted by Gasteiger charge is -2.36. The molecule has 2 fully saturated rings. The minimum absolute atomic E-state index is 0.00133. The van der Waals surface area contributed by atoms with Crippen molar-refractivity contribution >= 4 is 16.1 Å². The van der Waals surface area contributed by atoms with Crippen LogP contribution in [0.3, 0.4) is 0 Å². The number of halogens is 1. The Balaban J connectivity index is 2.00. The van der Waals surface area contributed by atoms with Gasteiger partial charge >= 0.3 is 10.2 Å². The van der Waals surface area contributed by atoms with Gasteiger partial charge in [0.1, 0.15) is 0 Å². The number of carbonyl (C=O) groups is 1. The van der Waals surface area contributed by atoms with Crippen molar-refractivity contribution in [1.82, 2.24) is 4.90 Å². The lowest BCUT2D eigenvalue weighted by atomic mass is 9.90. The molecule has 7 heteroatoms. The number of nitrogens with two attached hydrogens (primary N) is 1. The van der Waals surface area contributed by atoms with Gasteiger partial charge in [0.25, 0.3) is 0 Å². The third kappa shape index (κ3) is 3.20. The molecule has 0 spiro atoms. The van der Waals surface area contributed by atoms with E-state index in [-0.39, 0.29) is 24.4 Å². The summed E-state index contributed by atoms with van der Waals surface area (Å²) >= 11 is 0. The Kier molecular flexibility index (Phi) is 3.91. The Bertz CT molecular complexity index is 426. The molecule has 1 amide bonds. The van der Waals surface area contributed by atoms with Gasteiger partial charge in [0, 0.05) is 31.0 Å². The Labute approximate surface area is 107 Å². The number of hydrogen-bond donors (Lipinski definition) is 1. The molecule has 1 saturated carbocycles. The van der Waals surface area contributed by atoms with Crippen LogP contribution in [-0.4, -0.2) is 43.6 Å². The van der Waals surface area contributed by atoms with E-state index in [2.05, 4.69) is 0 Å². The lowest BCUT2D eigenvalue weighted by Crippen LogP contribution is -2.50. The average molecular weight is 278 g/mol. The summed E-state index contributed by atoms with van der Waals surface area (Å²) in [6.07, 6.45) is 3.98. The summed E-state index contributed by atoms with van der Waals surface area (Å²) < 4.78 is 33.9. The highest BCUT2D eigenvalue weighted by Crippen LogP contribution is 2.28. The Hall–Kier alpha value is -0.690. The highest BCUT2D eigenvalue weighted by atomic mass is 32.3. The molecule has 0 radical (unpaired) electrons. The monoisotopic (exact) mass is 278 g/mol. The van der Waals surface area contributed by atoms with Crippen molar-refractivity contribution in [3.63, 3.8) is 0 Å². The number of likely N-dealkylation sites (tertiary alicyclic amines) is 1. The fraction of sp³-hybridized carbons (Fsp3) is 0.909. The van der Waals surface area contributed by atoms with Gasteiger partial charge in [-0.1, -0.05) is 12.8 Å². The molecule has 0 bridgehead atoms. The molecule has 2 aliphatic rings. The van der Waals surface area contributed by atoms with Gasteiger partial charge in [0.2, 0.25) is 5.91 Å². The summed E-state index contributed by atoms with van der Waals surface area (Å²) in [4.78, 5) is 13.5. The first-order valence-electron chi connectivity index (χ1n) is 6.34. The summed E-state index contributed by atoms with van der Waals surface area (Å²) in [5.74, 6) is -1.08. The van der Waals surface area contributed by atoms with Crippen LogP contribution >= 0.6 is 0 Å². The van der Waals surface area contributed by atoms with E-state index >= 15 is 0 Å². The van der Waals surface area contributed by atoms with Crippen LogP contribution < -0.4 is 5.73 Å². The molecule has 1 unspecified atom stereocenters. The number of nitrogens with zero attached hydrogens (tertiary/aromatic N) is 1. The SMILES string of the molecule is N[C@@H]1CCCC[C@@H]1N1CC(CS(=O)(=O)F)CC1=O. The predicted octanol–water partition coefficient (Wildman–Crippen LogP) is 0.404. The molecule has 0 aromatic rings. The van der Waals surface area contributed by atoms with Crippen LogP contribution in [0.25, 0.3) is 0 Å². The van der Waals surface area contributed by atoms with E-state index in [1.54, 1.807) is 4.90 Å². The molecule has 18 heavy (non-hydrogen) atoms. The van der Waals surface area contributed by atoms with Crippen LogP contribution in [0, 0.1) is 5.92 Å². The second kappa shape index (κ2) is 5.13. The number of carbonyl (C=O) groups excluding carboxylic acids is 1. The molecule has 0 aromatic carbocycles. The molecule has 3 atom stereocenters. The van der Waals surface area contributed by atoms with Gasteiger partial charge in [-0.15, -0.1) is 3.89 Å². The normalized spacial score (nSPS) is 34.0. The smallest absolute Gasteiger partial charge is 0.302 e. The van der Waals surface area contributed by atoms with Crippen LogP contribution in [0.15, 0.2) is 0 Å². The topological polar surface area (TPSA) is 80.5 Å². The maximum absolute atomic E-state index is 12.6. The maximum Gasteiger partial charge on any atom is 0.302 e. The first kappa shape index (κ1) is 13.7. The van der Waals surface area contributed by atoms with Gasteiger partial charge in [-0.25, -0.2) is 0 Å². The zero-order chi connectivity index (χ0) is 13.3. The molecule has 104 valence electrons. The summed E-state index contributed by atoms with van der Waals surface area (Å²) in [6, 6.07) is -0.0398. The van der Waals surface area contributed by atoms with Crippen LogP contribution in [-0.2, 0) is 15.0 Å². The van der Waals surface area contributed by atoms with Gasteiger partial charge in [0.05, 0.1) is 5.75 Å². The zero-order valence-corrected chi connectivity index (χ0v) is 11.0. The van der Waals surface area contributed by atoms with E-state index in [0.717, 1.165) is 25.7 Å². The standard InChI is InChI=1S/C11H19FN2O3S/c12-18(16,17)7-8-5-11(15)14(6-8)10-4-2-1-3-9(10)13/h8-10H,1-7,13H2/t8?,9-,10+/m1/s1. The van der Waals surface area contributed by atoms with E-state index in [1.165, 1.54) is 0 Å². The van der Waals surface area contributed by atoms with Gasteiger partial charge in [-0.2, -0.15) is 8.42 Å². The molecule has 1 aliphatic carbocycles. The first-order valence-corrected chi connectivity index (χ1v) is 7.89. The first-order chi connectivity index (χ1) is 8.37. The Morgan fingerprint density at radius 2 is 2.00 bits per heavy atom. The van der Waals surface area contributed by atoms with E-state index in [9.17, 15) is 17.1 Å². The highest BCUT2D eigenvalue weighted by molar-refractivity contribution is 7.86. The summed E-state index contributed by atoms with van der Waals surface area (Å²) in [5, 5.41) is 0. The Morgan fingerprint density at radius 1 is 1.33 bits per heavy atom. The summed E-state index contributed by atoms with van der Waals surface area (Å²) in [5.41, 5.74) is 6.01. The van der Waals surface area contributed by atoms with Crippen molar-refractivity contribution in [3.05, 3.63) is 0 Å². The van der Waals surface area contributed by atoms with Crippen molar-refractivity contribution in [2.75, 3.05) is 12.3 Å². The minimum atomic E-state index is -4.51. The average Bonchev–Trinajstić information content (AvgIpc) is 2.57. The van der Waals surface area contributed by atoms with Crippen LogP contribution in [0.4, 0.5) is 3.89 Å². The fourth-order valence-electron chi connectivity index (χ4n) is 3.05. The van der Waals surface area contributed by atoms with Crippen LogP contribution in [0.2, 0.25) is 0 Å². The predicted molar refractivity (Wildman–Crippen MR) is 64.9 cm³/mol. The van der Waals surface area contributed by atoms with Crippen molar-refractivity contribution in [2.24, 2.45) is 11.7 Å². The van der Waals surface area contributed by atoms with E-state index in [4.69, 9.17) is 5.73 Å². The maximum atomic E-state index is 12.6. The van der Waals surface area contributed by atoms with Crippen molar-refractivity contribution in [2.45, 2.75) is 44.2 Å². The molecular weight excluding hydrogens is 259 g/mol. The molecule has 0 aromatic heterocycles. The second-order valence-corrected chi connectivity index (χ2v) is 6.75. The van der Waals surface area contributed by atoms with Gasteiger partial charge < -0.3 is 10.6 Å². The van der Waals surface area contributed by atoms with Crippen molar-refractivity contribution < 1.29 is 17.1 Å². The van der Waals surface area contributed by atoms with Crippen LogP contribution in [0.1, 0.15) is 32.1 Å². The van der Waals surface area contributed by atoms with Crippen molar-refractivity contribution in [3.8, 4) is 0 Å².